The first-order valence-electron chi connectivity index (χ1n) is 7.75. The van der Waals surface area contributed by atoms with E-state index in [1.807, 2.05) is 0 Å². The minimum Gasteiger partial charge on any atom is -0.455 e. The van der Waals surface area contributed by atoms with Gasteiger partial charge in [0.1, 0.15) is 12.7 Å². The fourth-order valence-corrected chi connectivity index (χ4v) is 2.41. The Morgan fingerprint density at radius 2 is 2.00 bits per heavy atom. The van der Waals surface area contributed by atoms with Crippen molar-refractivity contribution >= 4 is 18.0 Å². The molecule has 0 aromatic heterocycles. The lowest BCUT2D eigenvalue weighted by Gasteiger charge is -2.35. The summed E-state index contributed by atoms with van der Waals surface area (Å²) >= 11 is 0. The van der Waals surface area contributed by atoms with Crippen molar-refractivity contribution in [2.24, 2.45) is 0 Å². The van der Waals surface area contributed by atoms with E-state index in [1.165, 1.54) is 13.0 Å². The Morgan fingerprint density at radius 1 is 1.29 bits per heavy atom. The highest BCUT2D eigenvalue weighted by molar-refractivity contribution is 6.01. The molecule has 0 saturated carbocycles. The molecule has 24 heavy (non-hydrogen) atoms. The number of imide groups is 1. The maximum Gasteiger partial charge on any atom is 0.417 e. The molecule has 0 aromatic carbocycles. The molecule has 2 amide bonds. The summed E-state index contributed by atoms with van der Waals surface area (Å²) in [5.41, 5.74) is 0. The van der Waals surface area contributed by atoms with Crippen LogP contribution in [0.4, 0.5) is 4.79 Å². The van der Waals surface area contributed by atoms with E-state index in [9.17, 15) is 14.4 Å². The number of amides is 2. The first kappa shape index (κ1) is 18.2. The van der Waals surface area contributed by atoms with Crippen LogP contribution in [0.25, 0.3) is 0 Å². The number of carbonyl (C=O) groups excluding carboxylic acids is 3. The minimum atomic E-state index is -1.02. The second-order valence-corrected chi connectivity index (χ2v) is 5.04. The van der Waals surface area contributed by atoms with Gasteiger partial charge in [0.25, 0.3) is 5.91 Å². The van der Waals surface area contributed by atoms with Crippen molar-refractivity contribution in [1.29, 1.82) is 0 Å². The topological polar surface area (TPSA) is 101 Å². The van der Waals surface area contributed by atoms with Gasteiger partial charge in [-0.05, 0) is 19.9 Å². The Bertz CT molecular complexity index is 532. The highest BCUT2D eigenvalue weighted by Gasteiger charge is 2.42. The minimum absolute atomic E-state index is 0.103. The highest BCUT2D eigenvalue weighted by atomic mass is 16.7. The summed E-state index contributed by atoms with van der Waals surface area (Å²) in [4.78, 5) is 36.3. The molecule has 2 aliphatic heterocycles. The molecule has 0 aromatic rings. The molecule has 2 aliphatic rings. The average Bonchev–Trinajstić information content (AvgIpc) is 2.95. The van der Waals surface area contributed by atoms with E-state index < -0.39 is 36.5 Å². The van der Waals surface area contributed by atoms with E-state index in [2.05, 4.69) is 0 Å². The third-order valence-electron chi connectivity index (χ3n) is 3.36. The summed E-state index contributed by atoms with van der Waals surface area (Å²) in [6.45, 7) is 5.64. The summed E-state index contributed by atoms with van der Waals surface area (Å²) in [6.07, 6.45) is -1.95. The predicted octanol–water partition coefficient (Wildman–Crippen LogP) is 0.579. The third-order valence-corrected chi connectivity index (χ3v) is 3.36. The van der Waals surface area contributed by atoms with Crippen LogP contribution in [0.15, 0.2) is 11.8 Å². The number of ether oxygens (including phenoxy) is 5. The average molecular weight is 343 g/mol. The summed E-state index contributed by atoms with van der Waals surface area (Å²) in [5.74, 6) is -1.27. The van der Waals surface area contributed by atoms with Crippen LogP contribution in [0.5, 0.6) is 0 Å². The monoisotopic (exact) mass is 343 g/mol. The quantitative estimate of drug-likeness (QED) is 0.646. The molecule has 9 nitrogen and oxygen atoms in total. The lowest BCUT2D eigenvalue weighted by Crippen LogP contribution is -2.49. The van der Waals surface area contributed by atoms with Gasteiger partial charge in [0.2, 0.25) is 6.29 Å². The zero-order chi connectivity index (χ0) is 17.7. The normalized spacial score (nSPS) is 26.5. The number of hydrogen-bond acceptors (Lipinski definition) is 8. The molecule has 1 saturated heterocycles. The molecule has 134 valence electrons. The van der Waals surface area contributed by atoms with Gasteiger partial charge in [0, 0.05) is 20.1 Å². The Labute approximate surface area is 139 Å². The van der Waals surface area contributed by atoms with E-state index in [0.717, 1.165) is 4.90 Å². The molecule has 0 unspecified atom stereocenters. The van der Waals surface area contributed by atoms with Gasteiger partial charge in [-0.15, -0.1) is 0 Å². The van der Waals surface area contributed by atoms with Crippen LogP contribution in [0.1, 0.15) is 20.8 Å². The molecular weight excluding hydrogens is 322 g/mol. The highest BCUT2D eigenvalue weighted by Crippen LogP contribution is 2.26. The number of esters is 1. The van der Waals surface area contributed by atoms with Gasteiger partial charge in [0.05, 0.1) is 6.54 Å². The summed E-state index contributed by atoms with van der Waals surface area (Å²) in [6, 6.07) is 0. The van der Waals surface area contributed by atoms with Gasteiger partial charge in [-0.3, -0.25) is 9.59 Å². The Kier molecular flexibility index (Phi) is 6.16. The summed E-state index contributed by atoms with van der Waals surface area (Å²) in [7, 11) is 0. The maximum atomic E-state index is 12.5. The largest absolute Gasteiger partial charge is 0.455 e. The molecule has 0 spiro atoms. The van der Waals surface area contributed by atoms with Gasteiger partial charge >= 0.3 is 12.1 Å². The molecule has 3 atom stereocenters. The van der Waals surface area contributed by atoms with Gasteiger partial charge in [-0.2, -0.15) is 0 Å². The first-order valence-corrected chi connectivity index (χ1v) is 7.75. The standard InChI is InChI=1S/C15H21NO8/c1-4-20-10-8-11(13(18)16-6-7-22-15(16)19)24-14(21-5-2)12(10)23-9(3)17/h8,10,12,14H,4-7H2,1-3H3/t10-,12-,14+/m1/s1. The van der Waals surface area contributed by atoms with E-state index >= 15 is 0 Å². The van der Waals surface area contributed by atoms with Crippen molar-refractivity contribution in [2.45, 2.75) is 39.3 Å². The first-order chi connectivity index (χ1) is 11.5. The number of cyclic esters (lactones) is 1. The number of rotatable bonds is 6. The molecule has 2 rings (SSSR count). The molecular formula is C15H21NO8. The number of nitrogens with zero attached hydrogens (tertiary/aromatic N) is 1. The third kappa shape index (κ3) is 4.04. The van der Waals surface area contributed by atoms with Crippen LogP contribution >= 0.6 is 0 Å². The summed E-state index contributed by atoms with van der Waals surface area (Å²) < 4.78 is 26.5. The molecule has 9 heteroatoms. The Balaban J connectivity index is 2.25. The summed E-state index contributed by atoms with van der Waals surface area (Å²) in [5, 5.41) is 0. The molecule has 0 radical (unpaired) electrons. The molecule has 0 bridgehead atoms. The number of hydrogen-bond donors (Lipinski definition) is 0. The molecule has 1 fully saturated rings. The van der Waals surface area contributed by atoms with E-state index in [-0.39, 0.29) is 25.5 Å². The van der Waals surface area contributed by atoms with Crippen molar-refractivity contribution in [1.82, 2.24) is 4.90 Å². The zero-order valence-corrected chi connectivity index (χ0v) is 13.9. The van der Waals surface area contributed by atoms with Crippen LogP contribution in [-0.4, -0.2) is 67.7 Å². The fourth-order valence-electron chi connectivity index (χ4n) is 2.41. The van der Waals surface area contributed by atoms with Crippen molar-refractivity contribution in [3.8, 4) is 0 Å². The van der Waals surface area contributed by atoms with Gasteiger partial charge in [0.15, 0.2) is 11.9 Å². The van der Waals surface area contributed by atoms with Crippen molar-refractivity contribution in [3.63, 3.8) is 0 Å². The van der Waals surface area contributed by atoms with E-state index in [4.69, 9.17) is 23.7 Å². The smallest absolute Gasteiger partial charge is 0.417 e. The van der Waals surface area contributed by atoms with Crippen LogP contribution in [0.2, 0.25) is 0 Å². The van der Waals surface area contributed by atoms with E-state index in [0.29, 0.717) is 6.61 Å². The van der Waals surface area contributed by atoms with Crippen LogP contribution in [0, 0.1) is 0 Å². The van der Waals surface area contributed by atoms with E-state index in [1.54, 1.807) is 13.8 Å². The van der Waals surface area contributed by atoms with Crippen LogP contribution in [0.3, 0.4) is 0 Å². The van der Waals surface area contributed by atoms with Crippen molar-refractivity contribution in [2.75, 3.05) is 26.4 Å². The second kappa shape index (κ2) is 8.11. The molecule has 0 aliphatic carbocycles. The molecule has 0 N–H and O–H groups in total. The van der Waals surface area contributed by atoms with Gasteiger partial charge in [-0.1, -0.05) is 0 Å². The Hall–Kier alpha value is -2.13. The SMILES string of the molecule is CCO[C@H]1OC(C(=O)N2CCOC2=O)=C[C@@H](OCC)[C@H]1OC(C)=O. The fraction of sp³-hybridized carbons (Fsp3) is 0.667. The number of carbonyl (C=O) groups is 3. The van der Waals surface area contributed by atoms with Crippen LogP contribution < -0.4 is 0 Å². The maximum absolute atomic E-state index is 12.5. The van der Waals surface area contributed by atoms with Gasteiger partial charge in [-0.25, -0.2) is 9.69 Å². The lowest BCUT2D eigenvalue weighted by molar-refractivity contribution is -0.222. The molecule has 2 heterocycles. The second-order valence-electron chi connectivity index (χ2n) is 5.04. The Morgan fingerprint density at radius 3 is 2.54 bits per heavy atom. The van der Waals surface area contributed by atoms with Crippen LogP contribution in [-0.2, 0) is 33.3 Å². The predicted molar refractivity (Wildman–Crippen MR) is 78.6 cm³/mol. The van der Waals surface area contributed by atoms with Crippen molar-refractivity contribution in [3.05, 3.63) is 11.8 Å². The zero-order valence-electron chi connectivity index (χ0n) is 13.9. The lowest BCUT2D eigenvalue weighted by atomic mass is 10.1. The van der Waals surface area contributed by atoms with Gasteiger partial charge < -0.3 is 23.7 Å². The van der Waals surface area contributed by atoms with Crippen molar-refractivity contribution < 1.29 is 38.1 Å².